The molecule has 0 amide bonds. The van der Waals surface area contributed by atoms with Crippen molar-refractivity contribution in [3.05, 3.63) is 47.5 Å². The van der Waals surface area contributed by atoms with Gasteiger partial charge in [-0.2, -0.15) is 5.10 Å². The minimum absolute atomic E-state index is 0.196. The van der Waals surface area contributed by atoms with Gasteiger partial charge in [-0.1, -0.05) is 0 Å². The van der Waals surface area contributed by atoms with Gasteiger partial charge in [-0.15, -0.1) is 0 Å². The van der Waals surface area contributed by atoms with Crippen LogP contribution in [0.1, 0.15) is 42.9 Å². The first-order valence-corrected chi connectivity index (χ1v) is 7.37. The summed E-state index contributed by atoms with van der Waals surface area (Å²) in [4.78, 5) is 0. The van der Waals surface area contributed by atoms with E-state index in [2.05, 4.69) is 10.4 Å². The molecule has 0 aliphatic heterocycles. The Bertz CT molecular complexity index is 626. The van der Waals surface area contributed by atoms with Crippen LogP contribution in [0, 0.1) is 5.82 Å². The highest BCUT2D eigenvalue weighted by Gasteiger charge is 2.26. The summed E-state index contributed by atoms with van der Waals surface area (Å²) in [7, 11) is 0. The Balaban J connectivity index is 1.58. The van der Waals surface area contributed by atoms with Gasteiger partial charge < -0.3 is 5.32 Å². The average molecular weight is 271 g/mol. The van der Waals surface area contributed by atoms with Crippen molar-refractivity contribution in [1.29, 1.82) is 0 Å². The van der Waals surface area contributed by atoms with Crippen molar-refractivity contribution < 1.29 is 4.39 Å². The lowest BCUT2D eigenvalue weighted by Gasteiger charge is -2.07. The molecule has 1 aromatic heterocycles. The number of hydrogen-bond donors (Lipinski definition) is 1. The van der Waals surface area contributed by atoms with Crippen molar-refractivity contribution in [2.75, 3.05) is 0 Å². The summed E-state index contributed by atoms with van der Waals surface area (Å²) >= 11 is 0. The van der Waals surface area contributed by atoms with Crippen LogP contribution >= 0.6 is 0 Å². The first-order valence-electron chi connectivity index (χ1n) is 7.37. The second-order valence-corrected chi connectivity index (χ2v) is 5.93. The Hall–Kier alpha value is -1.68. The van der Waals surface area contributed by atoms with Crippen LogP contribution in [-0.2, 0) is 6.54 Å². The maximum absolute atomic E-state index is 13.8. The molecule has 4 rings (SSSR count). The van der Waals surface area contributed by atoms with E-state index < -0.39 is 0 Å². The molecule has 2 aliphatic carbocycles. The predicted octanol–water partition coefficient (Wildman–Crippen LogP) is 3.14. The molecule has 1 N–H and O–H groups in total. The van der Waals surface area contributed by atoms with E-state index in [1.807, 2.05) is 18.3 Å². The van der Waals surface area contributed by atoms with Crippen molar-refractivity contribution >= 4 is 0 Å². The summed E-state index contributed by atoms with van der Waals surface area (Å²) in [5.41, 5.74) is 2.92. The van der Waals surface area contributed by atoms with Gasteiger partial charge in [-0.25, -0.2) is 9.07 Å². The highest BCUT2D eigenvalue weighted by Crippen LogP contribution is 2.39. The first-order chi connectivity index (χ1) is 9.78. The molecule has 0 atom stereocenters. The van der Waals surface area contributed by atoms with E-state index in [1.54, 1.807) is 16.8 Å². The molecule has 2 fully saturated rings. The highest BCUT2D eigenvalue weighted by molar-refractivity contribution is 5.36. The Morgan fingerprint density at radius 3 is 2.80 bits per heavy atom. The molecular formula is C16H18FN3. The predicted molar refractivity (Wildman–Crippen MR) is 75.4 cm³/mol. The quantitative estimate of drug-likeness (QED) is 0.905. The largest absolute Gasteiger partial charge is 0.310 e. The lowest BCUT2D eigenvalue weighted by Crippen LogP contribution is -2.15. The molecule has 0 spiro atoms. The summed E-state index contributed by atoms with van der Waals surface area (Å²) < 4.78 is 15.6. The van der Waals surface area contributed by atoms with Crippen LogP contribution in [0.5, 0.6) is 0 Å². The van der Waals surface area contributed by atoms with Gasteiger partial charge in [0.1, 0.15) is 5.82 Å². The Morgan fingerprint density at radius 1 is 1.20 bits per heavy atom. The van der Waals surface area contributed by atoms with Crippen LogP contribution in [0.4, 0.5) is 4.39 Å². The highest BCUT2D eigenvalue weighted by atomic mass is 19.1. The summed E-state index contributed by atoms with van der Waals surface area (Å²) in [6.45, 7) is 0.728. The topological polar surface area (TPSA) is 29.9 Å². The molecule has 0 unspecified atom stereocenters. The molecule has 0 radical (unpaired) electrons. The molecular weight excluding hydrogens is 253 g/mol. The molecule has 1 aromatic carbocycles. The van der Waals surface area contributed by atoms with E-state index >= 15 is 0 Å². The first kappa shape index (κ1) is 12.1. The van der Waals surface area contributed by atoms with Crippen LogP contribution < -0.4 is 5.32 Å². The average Bonchev–Trinajstić information content (AvgIpc) is 3.36. The smallest absolute Gasteiger partial charge is 0.125 e. The molecule has 20 heavy (non-hydrogen) atoms. The Labute approximate surface area is 117 Å². The van der Waals surface area contributed by atoms with Gasteiger partial charge in [0.05, 0.1) is 11.4 Å². The number of halogens is 1. The van der Waals surface area contributed by atoms with E-state index in [4.69, 9.17) is 0 Å². The molecule has 0 saturated heterocycles. The second kappa shape index (κ2) is 4.70. The number of aromatic nitrogens is 2. The summed E-state index contributed by atoms with van der Waals surface area (Å²) in [5.74, 6) is 0.430. The fourth-order valence-electron chi connectivity index (χ4n) is 2.50. The SMILES string of the molecule is Fc1cc(CNC2CC2)cc(-n2ccc(C3CC3)n2)c1. The fourth-order valence-corrected chi connectivity index (χ4v) is 2.50. The summed E-state index contributed by atoms with van der Waals surface area (Å²) in [6, 6.07) is 7.84. The van der Waals surface area contributed by atoms with Gasteiger partial charge in [-0.3, -0.25) is 0 Å². The molecule has 0 bridgehead atoms. The third-order valence-corrected chi connectivity index (χ3v) is 3.98. The van der Waals surface area contributed by atoms with E-state index in [-0.39, 0.29) is 5.82 Å². The van der Waals surface area contributed by atoms with Crippen LogP contribution in [0.15, 0.2) is 30.5 Å². The Morgan fingerprint density at radius 2 is 2.05 bits per heavy atom. The zero-order valence-corrected chi connectivity index (χ0v) is 11.3. The monoisotopic (exact) mass is 271 g/mol. The van der Waals surface area contributed by atoms with Gasteiger partial charge in [0.25, 0.3) is 0 Å². The van der Waals surface area contributed by atoms with Crippen molar-refractivity contribution in [3.8, 4) is 5.69 Å². The Kier molecular flexibility index (Phi) is 2.84. The van der Waals surface area contributed by atoms with Gasteiger partial charge in [0, 0.05) is 24.7 Å². The molecule has 4 heteroatoms. The maximum Gasteiger partial charge on any atom is 0.125 e. The zero-order valence-electron chi connectivity index (χ0n) is 11.3. The minimum Gasteiger partial charge on any atom is -0.310 e. The number of nitrogens with zero attached hydrogens (tertiary/aromatic N) is 2. The van der Waals surface area contributed by atoms with Crippen LogP contribution in [0.2, 0.25) is 0 Å². The normalized spacial score (nSPS) is 18.4. The van der Waals surface area contributed by atoms with E-state index in [0.29, 0.717) is 12.0 Å². The lowest BCUT2D eigenvalue weighted by molar-refractivity contribution is 0.616. The summed E-state index contributed by atoms with van der Waals surface area (Å²) in [5, 5.41) is 7.98. The van der Waals surface area contributed by atoms with Crippen LogP contribution in [-0.4, -0.2) is 15.8 Å². The van der Waals surface area contributed by atoms with Crippen molar-refractivity contribution in [2.24, 2.45) is 0 Å². The number of benzene rings is 1. The summed E-state index contributed by atoms with van der Waals surface area (Å²) in [6.07, 6.45) is 6.88. The van der Waals surface area contributed by atoms with Gasteiger partial charge >= 0.3 is 0 Å². The third-order valence-electron chi connectivity index (χ3n) is 3.98. The molecule has 2 saturated carbocycles. The number of nitrogens with one attached hydrogen (secondary N) is 1. The molecule has 1 heterocycles. The standard InChI is InChI=1S/C16H18FN3/c17-13-7-11(10-18-14-3-4-14)8-15(9-13)20-6-5-16(19-20)12-1-2-12/h5-9,12,14,18H,1-4,10H2. The third kappa shape index (κ3) is 2.61. The van der Waals surface area contributed by atoms with E-state index in [9.17, 15) is 4.39 Å². The molecule has 104 valence electrons. The van der Waals surface area contributed by atoms with Gasteiger partial charge in [0.2, 0.25) is 0 Å². The second-order valence-electron chi connectivity index (χ2n) is 5.93. The zero-order chi connectivity index (χ0) is 13.5. The lowest BCUT2D eigenvalue weighted by atomic mass is 10.2. The van der Waals surface area contributed by atoms with Crippen LogP contribution in [0.3, 0.4) is 0 Å². The maximum atomic E-state index is 13.8. The van der Waals surface area contributed by atoms with Crippen molar-refractivity contribution in [3.63, 3.8) is 0 Å². The van der Waals surface area contributed by atoms with Gasteiger partial charge in [0.15, 0.2) is 0 Å². The molecule has 3 nitrogen and oxygen atoms in total. The number of hydrogen-bond acceptors (Lipinski definition) is 2. The van der Waals surface area contributed by atoms with E-state index in [1.165, 1.54) is 25.7 Å². The molecule has 2 aliphatic rings. The number of rotatable bonds is 5. The van der Waals surface area contributed by atoms with Crippen LogP contribution in [0.25, 0.3) is 5.69 Å². The van der Waals surface area contributed by atoms with Crippen molar-refractivity contribution in [2.45, 2.75) is 44.2 Å². The molecule has 2 aromatic rings. The van der Waals surface area contributed by atoms with E-state index in [0.717, 1.165) is 23.5 Å². The minimum atomic E-state index is -0.196. The van der Waals surface area contributed by atoms with Gasteiger partial charge in [-0.05, 0) is 55.5 Å². The fraction of sp³-hybridized carbons (Fsp3) is 0.438. The van der Waals surface area contributed by atoms with Crippen molar-refractivity contribution in [1.82, 2.24) is 15.1 Å².